The van der Waals surface area contributed by atoms with Crippen molar-refractivity contribution in [3.63, 3.8) is 0 Å². The minimum Gasteiger partial charge on any atom is -0.790 e. The van der Waals surface area contributed by atoms with Gasteiger partial charge in [-0.25, -0.2) is 19.3 Å². The number of unbranched alkanes of at least 4 members (excludes halogenated alkanes) is 4. The number of anilines is 1. The fraction of sp³-hybridized carbons (Fsp3) is 0.649. The number of aliphatic hydroxyl groups excluding tert-OH is 2. The molecule has 1 fully saturated rings. The number of aliphatic hydroxyl groups is 2. The Morgan fingerprint density at radius 1 is 0.970 bits per heavy atom. The van der Waals surface area contributed by atoms with E-state index in [1.54, 1.807) is 0 Å². The summed E-state index contributed by atoms with van der Waals surface area (Å²) < 4.78 is 60.7. The highest BCUT2D eigenvalue weighted by atomic mass is 32.2. The molecule has 7 atom stereocenters. The molecule has 1 saturated heterocycles. The number of nitrogens with two attached hydrogens (primary N) is 1. The van der Waals surface area contributed by atoms with Crippen molar-refractivity contribution in [2.45, 2.75) is 116 Å². The number of ketones is 1. The van der Waals surface area contributed by atoms with Crippen LogP contribution in [0.15, 0.2) is 37.0 Å². The average molecular weight is 1010 g/mol. The number of allylic oxidation sites excluding steroid dienone is 4. The van der Waals surface area contributed by atoms with Crippen molar-refractivity contribution in [2.24, 2.45) is 5.41 Å². The zero-order valence-corrected chi connectivity index (χ0v) is 40.0. The maximum Gasteiger partial charge on any atom is 0.274 e. The number of carbonyl (C=O) groups is 4. The lowest BCUT2D eigenvalue weighted by atomic mass is 9.87. The molecular weight excluding hydrogens is 955 g/mol. The number of imidazole rings is 1. The number of aromatic nitrogens is 4. The first-order valence-corrected chi connectivity index (χ1v) is 26.1. The van der Waals surface area contributed by atoms with Gasteiger partial charge in [0.25, 0.3) is 15.6 Å². The van der Waals surface area contributed by atoms with Crippen LogP contribution < -0.4 is 35.9 Å². The number of amides is 2. The molecular formula is C37H56N7O18P3S-4. The summed E-state index contributed by atoms with van der Waals surface area (Å²) in [5.74, 6) is -1.59. The van der Waals surface area contributed by atoms with Crippen molar-refractivity contribution in [1.82, 2.24) is 30.2 Å². The van der Waals surface area contributed by atoms with Crippen LogP contribution in [0, 0.1) is 5.41 Å². The number of phosphoric acid groups is 3. The predicted octanol–water partition coefficient (Wildman–Crippen LogP) is 0.349. The topological polar surface area (TPSA) is 392 Å². The van der Waals surface area contributed by atoms with Gasteiger partial charge in [-0.1, -0.05) is 69.7 Å². The molecule has 3 heterocycles. The van der Waals surface area contributed by atoms with Crippen LogP contribution in [0.5, 0.6) is 0 Å². The summed E-state index contributed by atoms with van der Waals surface area (Å²) in [7, 11) is -17.7. The fourth-order valence-electron chi connectivity index (χ4n) is 6.01. The molecule has 3 rings (SSSR count). The second kappa shape index (κ2) is 27.0. The zero-order valence-electron chi connectivity index (χ0n) is 36.5. The molecule has 0 radical (unpaired) electrons. The van der Waals surface area contributed by atoms with Crippen molar-refractivity contribution in [3.05, 3.63) is 37.0 Å². The van der Waals surface area contributed by atoms with E-state index in [-0.39, 0.29) is 66.0 Å². The molecule has 2 aromatic heterocycles. The van der Waals surface area contributed by atoms with Crippen LogP contribution in [0.25, 0.3) is 11.2 Å². The molecule has 29 heteroatoms. The highest BCUT2D eigenvalue weighted by Crippen LogP contribution is 2.56. The Kier molecular flexibility index (Phi) is 23.4. The van der Waals surface area contributed by atoms with Gasteiger partial charge in [0.05, 0.1) is 33.8 Å². The first-order chi connectivity index (χ1) is 30.9. The number of rotatable bonds is 31. The highest BCUT2D eigenvalue weighted by Gasteiger charge is 2.47. The number of thioether (sulfide) groups is 1. The molecule has 2 unspecified atom stereocenters. The van der Waals surface area contributed by atoms with Gasteiger partial charge in [-0.3, -0.25) is 32.9 Å². The third-order valence-electron chi connectivity index (χ3n) is 9.49. The number of hydrogen-bond donors (Lipinski definition) is 5. The van der Waals surface area contributed by atoms with E-state index in [1.807, 2.05) is 6.08 Å². The normalized spacial score (nSPS) is 20.4. The van der Waals surface area contributed by atoms with E-state index in [9.17, 15) is 62.7 Å². The summed E-state index contributed by atoms with van der Waals surface area (Å²) in [6, 6.07) is 0. The third kappa shape index (κ3) is 20.1. The molecule has 0 aliphatic carbocycles. The minimum atomic E-state index is -5.94. The number of Topliss-reactive ketones (excluding diaryl/α,β-unsaturated/α-hetero) is 1. The SMILES string of the molecule is CCCCC/C=C\C/C=C\CCCC(=O)CC(=O)SCCNC(=O)CCNC(=O)[C@H](O)C(C)(C)COP(=O)([O-])OP(=O)([O-])OC[C@H]1O[C@@H](n2cnc3c(N)ncnc32)[C@H](O)[C@@H]1OP(=O)([O-])[O-]. The van der Waals surface area contributed by atoms with E-state index in [0.717, 1.165) is 48.2 Å². The van der Waals surface area contributed by atoms with Crippen molar-refractivity contribution < 1.29 is 85.3 Å². The summed E-state index contributed by atoms with van der Waals surface area (Å²) >= 11 is 0.904. The second-order valence-electron chi connectivity index (χ2n) is 15.5. The molecule has 6 N–H and O–H groups in total. The van der Waals surface area contributed by atoms with Gasteiger partial charge in [-0.2, -0.15) is 0 Å². The summed E-state index contributed by atoms with van der Waals surface area (Å²) in [5.41, 5.74) is 4.04. The molecule has 0 saturated carbocycles. The van der Waals surface area contributed by atoms with E-state index in [0.29, 0.717) is 6.42 Å². The van der Waals surface area contributed by atoms with Gasteiger partial charge in [0.2, 0.25) is 11.8 Å². The Labute approximate surface area is 385 Å². The Bertz CT molecular complexity index is 2140. The summed E-state index contributed by atoms with van der Waals surface area (Å²) in [6.07, 6.45) is 7.63. The summed E-state index contributed by atoms with van der Waals surface area (Å²) in [4.78, 5) is 109. The molecule has 0 spiro atoms. The van der Waals surface area contributed by atoms with Gasteiger partial charge in [0.15, 0.2) is 22.8 Å². The van der Waals surface area contributed by atoms with Crippen LogP contribution >= 0.6 is 35.2 Å². The van der Waals surface area contributed by atoms with Gasteiger partial charge in [-0.05, 0) is 32.1 Å². The monoisotopic (exact) mass is 1010 g/mol. The van der Waals surface area contributed by atoms with Crippen molar-refractivity contribution in [2.75, 3.05) is 37.8 Å². The second-order valence-corrected chi connectivity index (χ2v) is 20.7. The molecule has 1 aliphatic heterocycles. The van der Waals surface area contributed by atoms with E-state index >= 15 is 0 Å². The number of nitrogen functional groups attached to an aromatic ring is 1. The number of fused-ring (bicyclic) bond motifs is 1. The Morgan fingerprint density at radius 3 is 2.33 bits per heavy atom. The minimum absolute atomic E-state index is 0.0276. The van der Waals surface area contributed by atoms with Gasteiger partial charge < -0.3 is 69.0 Å². The molecule has 2 aromatic rings. The molecule has 372 valence electrons. The number of phosphoric ester groups is 3. The number of carbonyl (C=O) groups excluding carboxylic acids is 4. The first-order valence-electron chi connectivity index (χ1n) is 20.7. The number of hydrogen-bond acceptors (Lipinski definition) is 23. The van der Waals surface area contributed by atoms with Gasteiger partial charge in [0.1, 0.15) is 42.0 Å². The van der Waals surface area contributed by atoms with Crippen molar-refractivity contribution in [3.8, 4) is 0 Å². The molecule has 0 bridgehead atoms. The largest absolute Gasteiger partial charge is 0.790 e. The summed E-state index contributed by atoms with van der Waals surface area (Å²) in [6.45, 7) is 2.07. The molecule has 0 aromatic carbocycles. The average Bonchev–Trinajstić information content (AvgIpc) is 3.79. The maximum absolute atomic E-state index is 12.6. The van der Waals surface area contributed by atoms with Gasteiger partial charge in [0, 0.05) is 37.1 Å². The lowest BCUT2D eigenvalue weighted by Gasteiger charge is -2.36. The Hall–Kier alpha value is -3.29. The first kappa shape index (κ1) is 57.0. The predicted molar refractivity (Wildman–Crippen MR) is 229 cm³/mol. The van der Waals surface area contributed by atoms with Crippen LogP contribution in [0.2, 0.25) is 0 Å². The molecule has 1 aliphatic rings. The van der Waals surface area contributed by atoms with E-state index in [1.165, 1.54) is 33.1 Å². The zero-order chi connectivity index (χ0) is 49.1. The highest BCUT2D eigenvalue weighted by molar-refractivity contribution is 8.13. The maximum atomic E-state index is 12.6. The van der Waals surface area contributed by atoms with Crippen molar-refractivity contribution >= 4 is 74.9 Å². The molecule has 2 amide bonds. The standard InChI is InChI=1S/C37H60N7O18P3S/c1-4-5-6-7-8-9-10-11-12-13-14-15-25(45)20-28(47)66-19-18-39-27(46)16-17-40-35(50)32(49)37(2,3)22-59-65(56,57)62-64(54,55)58-21-26-31(61-63(51,52)53)30(48)36(60-26)44-24-43-29-33(38)41-23-42-34(29)44/h8-9,11-12,23-24,26,30-32,36,48-49H,4-7,10,13-22H2,1-3H3,(H,39,46)(H,40,50)(H,54,55)(H,56,57)(H2,38,41,42)(H2,51,52,53)/p-4/b9-8-,12-11-/t26-,30-,31-,32+,36-/m1/s1. The number of nitrogens with one attached hydrogen (secondary N) is 2. The Morgan fingerprint density at radius 2 is 1.65 bits per heavy atom. The number of nitrogens with zero attached hydrogens (tertiary/aromatic N) is 4. The lowest BCUT2D eigenvalue weighted by Crippen LogP contribution is -2.46. The fourth-order valence-corrected chi connectivity index (χ4v) is 9.44. The summed E-state index contributed by atoms with van der Waals surface area (Å²) in [5, 5.41) is 25.9. The Balaban J connectivity index is 1.35. The number of ether oxygens (including phenoxy) is 1. The van der Waals surface area contributed by atoms with Gasteiger partial charge >= 0.3 is 0 Å². The van der Waals surface area contributed by atoms with E-state index < -0.39 is 84.6 Å². The third-order valence-corrected chi connectivity index (χ3v) is 13.4. The van der Waals surface area contributed by atoms with Crippen molar-refractivity contribution in [1.29, 1.82) is 0 Å². The van der Waals surface area contributed by atoms with Crippen LogP contribution in [-0.4, -0.2) is 109 Å². The lowest BCUT2D eigenvalue weighted by molar-refractivity contribution is -0.347. The van der Waals surface area contributed by atoms with Crippen LogP contribution in [0.4, 0.5) is 5.82 Å². The quantitative estimate of drug-likeness (QED) is 0.0294. The van der Waals surface area contributed by atoms with E-state index in [4.69, 9.17) is 10.5 Å². The van der Waals surface area contributed by atoms with Crippen LogP contribution in [0.1, 0.15) is 91.2 Å². The van der Waals surface area contributed by atoms with E-state index in [2.05, 4.69) is 68.6 Å². The molecule has 66 heavy (non-hydrogen) atoms. The smallest absolute Gasteiger partial charge is 0.274 e. The molecule has 25 nitrogen and oxygen atoms in total. The van der Waals surface area contributed by atoms with Crippen LogP contribution in [-0.2, 0) is 55.5 Å². The van der Waals surface area contributed by atoms with Gasteiger partial charge in [-0.15, -0.1) is 0 Å². The van der Waals surface area contributed by atoms with Crippen LogP contribution in [0.3, 0.4) is 0 Å².